The molecule has 0 aromatic heterocycles. The molecule has 0 aromatic carbocycles. The molecule has 0 aliphatic carbocycles. The summed E-state index contributed by atoms with van der Waals surface area (Å²) in [6.45, 7) is 42.1. The van der Waals surface area contributed by atoms with Gasteiger partial charge in [0.05, 0.1) is 24.4 Å². The van der Waals surface area contributed by atoms with E-state index in [-0.39, 0.29) is 24.4 Å². The van der Waals surface area contributed by atoms with Crippen molar-refractivity contribution >= 4 is 0 Å². The van der Waals surface area contributed by atoms with E-state index in [4.69, 9.17) is 0 Å². The molecule has 0 fully saturated rings. The van der Waals surface area contributed by atoms with Gasteiger partial charge in [0.25, 0.3) is 0 Å². The number of aliphatic hydroxyl groups excluding tert-OH is 4. The Labute approximate surface area is 254 Å². The molecule has 0 unspecified atom stereocenters. The first-order valence-electron chi connectivity index (χ1n) is 16.6. The van der Waals surface area contributed by atoms with Crippen molar-refractivity contribution in [3.63, 3.8) is 0 Å². The predicted octanol–water partition coefficient (Wildman–Crippen LogP) is 9.18. The summed E-state index contributed by atoms with van der Waals surface area (Å²) in [5.41, 5.74) is 0. The summed E-state index contributed by atoms with van der Waals surface area (Å²) in [5, 5.41) is 38.3. The normalized spacial score (nSPS) is 18.0. The van der Waals surface area contributed by atoms with Crippen molar-refractivity contribution in [1.29, 1.82) is 0 Å². The molecule has 0 radical (unpaired) electrons. The first kappa shape index (κ1) is 46.8. The summed E-state index contributed by atoms with van der Waals surface area (Å²) in [6, 6.07) is 0. The van der Waals surface area contributed by atoms with Crippen molar-refractivity contribution in [3.8, 4) is 0 Å². The van der Waals surface area contributed by atoms with Crippen molar-refractivity contribution in [2.75, 3.05) is 0 Å². The SMILES string of the molecule is CC(C)[C@@H](C)[C@@H](O)C(C)C.CC(C)[C@@H](C)[C@H](O)C(C)C.CC(C)[C@@H](O)[C@@H](C)C(C)C.CC(C)[C@H](C)[C@@H](O)C(C)C. The largest absolute Gasteiger partial charge is 0.393 e. The molecular weight excluding hydrogens is 496 g/mol. The lowest BCUT2D eigenvalue weighted by atomic mass is 9.86. The highest BCUT2D eigenvalue weighted by atomic mass is 16.3. The molecule has 4 N–H and O–H groups in total. The number of rotatable bonds is 12. The van der Waals surface area contributed by atoms with E-state index >= 15 is 0 Å². The molecule has 0 spiro atoms. The van der Waals surface area contributed by atoms with Gasteiger partial charge in [-0.15, -0.1) is 0 Å². The molecule has 0 bridgehead atoms. The minimum Gasteiger partial charge on any atom is -0.393 e. The summed E-state index contributed by atoms with van der Waals surface area (Å²) >= 11 is 0. The van der Waals surface area contributed by atoms with E-state index in [1.54, 1.807) is 0 Å². The van der Waals surface area contributed by atoms with Crippen molar-refractivity contribution in [1.82, 2.24) is 0 Å². The second kappa shape index (κ2) is 24.3. The van der Waals surface area contributed by atoms with Crippen molar-refractivity contribution in [3.05, 3.63) is 0 Å². The first-order valence-corrected chi connectivity index (χ1v) is 16.6. The Hall–Kier alpha value is -0.160. The summed E-state index contributed by atoms with van der Waals surface area (Å²) in [6.07, 6.45) is -0.556. The van der Waals surface area contributed by atoms with Crippen LogP contribution in [0.2, 0.25) is 0 Å². The Morgan fingerprint density at radius 1 is 0.200 bits per heavy atom. The van der Waals surface area contributed by atoms with E-state index in [0.717, 1.165) is 0 Å². The molecule has 40 heavy (non-hydrogen) atoms. The second-order valence-electron chi connectivity index (χ2n) is 15.4. The molecule has 8 atom stereocenters. The van der Waals surface area contributed by atoms with Gasteiger partial charge in [0.1, 0.15) is 0 Å². The monoisotopic (exact) mass is 577 g/mol. The molecule has 248 valence electrons. The number of hydrogen-bond acceptors (Lipinski definition) is 4. The molecule has 0 saturated carbocycles. The zero-order chi connectivity index (χ0) is 33.2. The summed E-state index contributed by atoms with van der Waals surface area (Å²) in [5.74, 6) is 5.54. The zero-order valence-electron chi connectivity index (χ0n) is 31.0. The van der Waals surface area contributed by atoms with Crippen LogP contribution in [0.3, 0.4) is 0 Å². The highest BCUT2D eigenvalue weighted by molar-refractivity contribution is 4.72. The van der Waals surface area contributed by atoms with Crippen LogP contribution in [-0.4, -0.2) is 44.8 Å². The zero-order valence-corrected chi connectivity index (χ0v) is 31.0. The maximum Gasteiger partial charge on any atom is 0.0591 e. The smallest absolute Gasteiger partial charge is 0.0591 e. The van der Waals surface area contributed by atoms with Gasteiger partial charge in [0.15, 0.2) is 0 Å². The van der Waals surface area contributed by atoms with Crippen molar-refractivity contribution < 1.29 is 20.4 Å². The topological polar surface area (TPSA) is 80.9 Å². The van der Waals surface area contributed by atoms with Crippen LogP contribution >= 0.6 is 0 Å². The fraction of sp³-hybridized carbons (Fsp3) is 1.00. The molecule has 0 amide bonds. The third-order valence-electron chi connectivity index (χ3n) is 9.09. The van der Waals surface area contributed by atoms with Gasteiger partial charge in [0.2, 0.25) is 0 Å². The Kier molecular flexibility index (Phi) is 28.4. The van der Waals surface area contributed by atoms with Crippen molar-refractivity contribution in [2.24, 2.45) is 71.0 Å². The van der Waals surface area contributed by atoms with E-state index < -0.39 is 0 Å². The molecule has 0 saturated heterocycles. The van der Waals surface area contributed by atoms with Gasteiger partial charge in [-0.1, -0.05) is 138 Å². The van der Waals surface area contributed by atoms with Gasteiger partial charge in [-0.2, -0.15) is 0 Å². The van der Waals surface area contributed by atoms with Crippen molar-refractivity contribution in [2.45, 2.75) is 163 Å². The van der Waals surface area contributed by atoms with Crippen LogP contribution in [0, 0.1) is 71.0 Å². The Bertz CT molecular complexity index is 395. The molecule has 0 aliphatic heterocycles. The first-order chi connectivity index (χ1) is 17.9. The third-order valence-corrected chi connectivity index (χ3v) is 9.09. The maximum atomic E-state index is 9.57. The maximum absolute atomic E-state index is 9.57. The Balaban J connectivity index is -0.000000216. The highest BCUT2D eigenvalue weighted by Gasteiger charge is 2.22. The lowest BCUT2D eigenvalue weighted by Gasteiger charge is -2.25. The van der Waals surface area contributed by atoms with Crippen LogP contribution in [0.25, 0.3) is 0 Å². The van der Waals surface area contributed by atoms with Crippen LogP contribution < -0.4 is 0 Å². The van der Waals surface area contributed by atoms with E-state index in [1.807, 2.05) is 0 Å². The Morgan fingerprint density at radius 3 is 0.325 bits per heavy atom. The average molecular weight is 577 g/mol. The molecule has 0 aliphatic rings. The van der Waals surface area contributed by atoms with E-state index in [1.165, 1.54) is 0 Å². The van der Waals surface area contributed by atoms with Crippen LogP contribution in [0.4, 0.5) is 0 Å². The molecule has 0 rings (SSSR count). The fourth-order valence-corrected chi connectivity index (χ4v) is 4.01. The fourth-order valence-electron chi connectivity index (χ4n) is 4.01. The molecule has 4 nitrogen and oxygen atoms in total. The van der Waals surface area contributed by atoms with Crippen LogP contribution in [0.15, 0.2) is 0 Å². The lowest BCUT2D eigenvalue weighted by Crippen LogP contribution is -2.27. The minimum absolute atomic E-state index is 0.139. The lowest BCUT2D eigenvalue weighted by molar-refractivity contribution is 0.0516. The van der Waals surface area contributed by atoms with Crippen LogP contribution in [-0.2, 0) is 0 Å². The number of aliphatic hydroxyl groups is 4. The predicted molar refractivity (Wildman–Crippen MR) is 179 cm³/mol. The second-order valence-corrected chi connectivity index (χ2v) is 15.4. The Morgan fingerprint density at radius 2 is 0.300 bits per heavy atom. The van der Waals surface area contributed by atoms with Gasteiger partial charge in [0, 0.05) is 0 Å². The highest BCUT2D eigenvalue weighted by Crippen LogP contribution is 2.22. The molecule has 0 aromatic rings. The quantitative estimate of drug-likeness (QED) is 0.187. The van der Waals surface area contributed by atoms with Gasteiger partial charge in [-0.25, -0.2) is 0 Å². The molecular formula is C36H80O4. The molecule has 4 heteroatoms. The summed E-state index contributed by atoms with van der Waals surface area (Å²) < 4.78 is 0. The third kappa shape index (κ3) is 22.4. The van der Waals surface area contributed by atoms with Crippen LogP contribution in [0.5, 0.6) is 0 Å². The average Bonchev–Trinajstić information content (AvgIpc) is 2.85. The number of hydrogen-bond donors (Lipinski definition) is 4. The van der Waals surface area contributed by atoms with E-state index in [9.17, 15) is 20.4 Å². The van der Waals surface area contributed by atoms with E-state index in [2.05, 4.69) is 138 Å². The van der Waals surface area contributed by atoms with Gasteiger partial charge < -0.3 is 20.4 Å². The van der Waals surface area contributed by atoms with Gasteiger partial charge in [-0.05, 0) is 71.0 Å². The standard InChI is InChI=1S/4C9H20O/c4*1-6(2)8(5)9(10)7(3)4/h4*6-10H,1-5H3/t2*8-,9+;2*8-,9-/m1010/s1. The summed E-state index contributed by atoms with van der Waals surface area (Å²) in [4.78, 5) is 0. The van der Waals surface area contributed by atoms with Gasteiger partial charge in [-0.3, -0.25) is 0 Å². The molecule has 0 heterocycles. The minimum atomic E-state index is -0.139. The van der Waals surface area contributed by atoms with Gasteiger partial charge >= 0.3 is 0 Å². The van der Waals surface area contributed by atoms with Crippen LogP contribution in [0.1, 0.15) is 138 Å². The summed E-state index contributed by atoms with van der Waals surface area (Å²) in [7, 11) is 0. The van der Waals surface area contributed by atoms with E-state index in [0.29, 0.717) is 71.0 Å².